The number of nitrogens with one attached hydrogen (secondary N) is 1. The van der Waals surface area contributed by atoms with Crippen LogP contribution >= 0.6 is 0 Å². The van der Waals surface area contributed by atoms with Gasteiger partial charge in [-0.2, -0.15) is 4.31 Å². The van der Waals surface area contributed by atoms with Gasteiger partial charge in [0.2, 0.25) is 21.8 Å². The fraction of sp³-hybridized carbons (Fsp3) is 0.417. The van der Waals surface area contributed by atoms with E-state index in [1.165, 1.54) is 4.31 Å². The number of hydrogen-bond donors (Lipinski definition) is 1. The topological polar surface area (TPSA) is 86.8 Å². The number of carbonyl (C=O) groups excluding carboxylic acids is 2. The van der Waals surface area contributed by atoms with Crippen molar-refractivity contribution in [2.45, 2.75) is 44.6 Å². The molecule has 2 amide bonds. The third-order valence-corrected chi connectivity index (χ3v) is 7.84. The van der Waals surface area contributed by atoms with Crippen LogP contribution in [0.25, 0.3) is 0 Å². The van der Waals surface area contributed by atoms with E-state index in [1.807, 2.05) is 56.3 Å². The van der Waals surface area contributed by atoms with Crippen molar-refractivity contribution in [2.24, 2.45) is 0 Å². The van der Waals surface area contributed by atoms with E-state index in [-0.39, 0.29) is 43.8 Å². The second kappa shape index (κ2) is 10.3. The van der Waals surface area contributed by atoms with E-state index in [0.717, 1.165) is 11.1 Å². The van der Waals surface area contributed by atoms with Gasteiger partial charge in [-0.3, -0.25) is 9.59 Å². The molecule has 32 heavy (non-hydrogen) atoms. The van der Waals surface area contributed by atoms with Crippen LogP contribution in [0.4, 0.5) is 0 Å². The number of carbonyl (C=O) groups is 2. The second-order valence-electron chi connectivity index (χ2n) is 8.25. The molecule has 1 saturated heterocycles. The molecule has 0 radical (unpaired) electrons. The largest absolute Gasteiger partial charge is 0.350 e. The SMILES string of the molecule is Cc1ccc(C)c(S(=O)(=O)N2CCN(C(=O)CCC(=O)NC(C)c3ccccc3)CC2)c1. The fourth-order valence-electron chi connectivity index (χ4n) is 3.82. The summed E-state index contributed by atoms with van der Waals surface area (Å²) < 4.78 is 27.5. The van der Waals surface area contributed by atoms with Gasteiger partial charge in [0.25, 0.3) is 0 Å². The molecule has 3 rings (SSSR count). The molecule has 0 saturated carbocycles. The Morgan fingerprint density at radius 2 is 1.62 bits per heavy atom. The maximum atomic E-state index is 13.0. The normalized spacial score (nSPS) is 15.9. The van der Waals surface area contributed by atoms with Gasteiger partial charge in [-0.15, -0.1) is 0 Å². The summed E-state index contributed by atoms with van der Waals surface area (Å²) in [5.41, 5.74) is 2.61. The highest BCUT2D eigenvalue weighted by atomic mass is 32.2. The number of sulfonamides is 1. The zero-order valence-corrected chi connectivity index (χ0v) is 19.7. The Hall–Kier alpha value is -2.71. The van der Waals surface area contributed by atoms with Crippen molar-refractivity contribution in [3.63, 3.8) is 0 Å². The van der Waals surface area contributed by atoms with Gasteiger partial charge in [-0.25, -0.2) is 8.42 Å². The van der Waals surface area contributed by atoms with Crippen molar-refractivity contribution >= 4 is 21.8 Å². The Labute approximate surface area is 190 Å². The van der Waals surface area contributed by atoms with Crippen LogP contribution in [0.2, 0.25) is 0 Å². The van der Waals surface area contributed by atoms with E-state index in [9.17, 15) is 18.0 Å². The molecule has 1 atom stereocenters. The second-order valence-corrected chi connectivity index (χ2v) is 10.2. The summed E-state index contributed by atoms with van der Waals surface area (Å²) in [6.07, 6.45) is 0.216. The van der Waals surface area contributed by atoms with Crippen LogP contribution in [0.5, 0.6) is 0 Å². The van der Waals surface area contributed by atoms with Crippen LogP contribution < -0.4 is 5.32 Å². The Balaban J connectivity index is 1.49. The number of rotatable bonds is 7. The smallest absolute Gasteiger partial charge is 0.243 e. The molecule has 1 unspecified atom stereocenters. The zero-order chi connectivity index (χ0) is 23.3. The van der Waals surface area contributed by atoms with Crippen molar-refractivity contribution in [3.8, 4) is 0 Å². The van der Waals surface area contributed by atoms with E-state index >= 15 is 0 Å². The molecule has 8 heteroatoms. The lowest BCUT2D eigenvalue weighted by molar-refractivity contribution is -0.134. The minimum Gasteiger partial charge on any atom is -0.350 e. The number of piperazine rings is 1. The summed E-state index contributed by atoms with van der Waals surface area (Å²) >= 11 is 0. The molecule has 1 N–H and O–H groups in total. The van der Waals surface area contributed by atoms with Crippen LogP contribution in [-0.4, -0.2) is 55.6 Å². The number of benzene rings is 2. The standard InChI is InChI=1S/C24H31N3O4S/c1-18-9-10-19(2)22(17-18)32(30,31)27-15-13-26(14-16-27)24(29)12-11-23(28)25-20(3)21-7-5-4-6-8-21/h4-10,17,20H,11-16H2,1-3H3,(H,25,28). The summed E-state index contributed by atoms with van der Waals surface area (Å²) in [5.74, 6) is -0.304. The number of hydrogen-bond acceptors (Lipinski definition) is 4. The fourth-order valence-corrected chi connectivity index (χ4v) is 5.55. The molecular formula is C24H31N3O4S. The van der Waals surface area contributed by atoms with Crippen LogP contribution in [-0.2, 0) is 19.6 Å². The van der Waals surface area contributed by atoms with Gasteiger partial charge in [0.05, 0.1) is 10.9 Å². The van der Waals surface area contributed by atoms with Crippen molar-refractivity contribution in [1.82, 2.24) is 14.5 Å². The van der Waals surface area contributed by atoms with Crippen molar-refractivity contribution in [2.75, 3.05) is 26.2 Å². The number of amides is 2. The van der Waals surface area contributed by atoms with Gasteiger partial charge >= 0.3 is 0 Å². The summed E-state index contributed by atoms with van der Waals surface area (Å²) in [6, 6.07) is 14.9. The van der Waals surface area contributed by atoms with Crippen LogP contribution in [0, 0.1) is 13.8 Å². The Bertz CT molecular complexity index is 1060. The minimum absolute atomic E-state index is 0.108. The third-order valence-electron chi connectivity index (χ3n) is 5.80. The molecule has 1 aliphatic heterocycles. The van der Waals surface area contributed by atoms with Gasteiger partial charge in [0.15, 0.2) is 0 Å². The minimum atomic E-state index is -3.60. The maximum absolute atomic E-state index is 13.0. The molecule has 1 heterocycles. The number of nitrogens with zero attached hydrogens (tertiary/aromatic N) is 2. The summed E-state index contributed by atoms with van der Waals surface area (Å²) in [4.78, 5) is 26.8. The molecule has 2 aromatic rings. The first-order chi connectivity index (χ1) is 15.2. The highest BCUT2D eigenvalue weighted by Gasteiger charge is 2.31. The molecule has 1 fully saturated rings. The van der Waals surface area contributed by atoms with Crippen LogP contribution in [0.1, 0.15) is 42.5 Å². The highest BCUT2D eigenvalue weighted by Crippen LogP contribution is 2.22. The van der Waals surface area contributed by atoms with Crippen molar-refractivity contribution in [1.29, 1.82) is 0 Å². The van der Waals surface area contributed by atoms with Gasteiger partial charge in [-0.05, 0) is 43.5 Å². The molecule has 172 valence electrons. The predicted molar refractivity (Wildman–Crippen MR) is 123 cm³/mol. The van der Waals surface area contributed by atoms with E-state index in [0.29, 0.717) is 23.5 Å². The average Bonchev–Trinajstić information content (AvgIpc) is 2.79. The van der Waals surface area contributed by atoms with Crippen molar-refractivity contribution < 1.29 is 18.0 Å². The van der Waals surface area contributed by atoms with Gasteiger partial charge < -0.3 is 10.2 Å². The molecule has 0 bridgehead atoms. The molecule has 0 aliphatic carbocycles. The molecule has 1 aliphatic rings. The lowest BCUT2D eigenvalue weighted by Crippen LogP contribution is -2.50. The highest BCUT2D eigenvalue weighted by molar-refractivity contribution is 7.89. The molecule has 0 aromatic heterocycles. The first-order valence-corrected chi connectivity index (χ1v) is 12.3. The van der Waals surface area contributed by atoms with Gasteiger partial charge in [-0.1, -0.05) is 42.5 Å². The van der Waals surface area contributed by atoms with Crippen LogP contribution in [0.15, 0.2) is 53.4 Å². The lowest BCUT2D eigenvalue weighted by atomic mass is 10.1. The zero-order valence-electron chi connectivity index (χ0n) is 18.9. The maximum Gasteiger partial charge on any atom is 0.243 e. The number of aryl methyl sites for hydroxylation is 2. The van der Waals surface area contributed by atoms with Gasteiger partial charge in [0.1, 0.15) is 0 Å². The first-order valence-electron chi connectivity index (χ1n) is 10.9. The summed E-state index contributed by atoms with van der Waals surface area (Å²) in [7, 11) is -3.60. The van der Waals surface area contributed by atoms with E-state index in [2.05, 4.69) is 5.32 Å². The lowest BCUT2D eigenvalue weighted by Gasteiger charge is -2.34. The first kappa shape index (κ1) is 23.9. The Morgan fingerprint density at radius 1 is 0.969 bits per heavy atom. The third kappa shape index (κ3) is 5.75. The van der Waals surface area contributed by atoms with Crippen molar-refractivity contribution in [3.05, 3.63) is 65.2 Å². The summed E-state index contributed by atoms with van der Waals surface area (Å²) in [6.45, 7) is 6.71. The van der Waals surface area contributed by atoms with Crippen LogP contribution in [0.3, 0.4) is 0 Å². The van der Waals surface area contributed by atoms with E-state index in [1.54, 1.807) is 17.9 Å². The summed E-state index contributed by atoms with van der Waals surface area (Å²) in [5, 5.41) is 2.91. The molecular weight excluding hydrogens is 426 g/mol. The predicted octanol–water partition coefficient (Wildman–Crippen LogP) is 2.79. The van der Waals surface area contributed by atoms with Gasteiger partial charge in [0, 0.05) is 39.0 Å². The van der Waals surface area contributed by atoms with E-state index < -0.39 is 10.0 Å². The quantitative estimate of drug-likeness (QED) is 0.693. The van der Waals surface area contributed by atoms with E-state index in [4.69, 9.17) is 0 Å². The molecule has 0 spiro atoms. The molecule has 7 nitrogen and oxygen atoms in total. The monoisotopic (exact) mass is 457 g/mol. The Morgan fingerprint density at radius 3 is 2.28 bits per heavy atom. The Kier molecular flexibility index (Phi) is 7.69. The average molecular weight is 458 g/mol. The molecule has 2 aromatic carbocycles.